The van der Waals surface area contributed by atoms with Gasteiger partial charge in [-0.1, -0.05) is 6.07 Å². The maximum absolute atomic E-state index is 5.80. The molecule has 0 aromatic carbocycles. The van der Waals surface area contributed by atoms with Crippen LogP contribution in [-0.4, -0.2) is 21.6 Å². The first-order valence-corrected chi connectivity index (χ1v) is 6.44. The molecule has 20 heavy (non-hydrogen) atoms. The van der Waals surface area contributed by atoms with Crippen LogP contribution in [0.5, 0.6) is 5.88 Å². The van der Waals surface area contributed by atoms with E-state index in [9.17, 15) is 0 Å². The second kappa shape index (κ2) is 5.30. The number of aromatic nitrogens is 3. The molecule has 0 aliphatic carbocycles. The van der Waals surface area contributed by atoms with E-state index in [1.165, 1.54) is 0 Å². The summed E-state index contributed by atoms with van der Waals surface area (Å²) in [4.78, 5) is 8.67. The van der Waals surface area contributed by atoms with Gasteiger partial charge < -0.3 is 15.0 Å². The van der Waals surface area contributed by atoms with Gasteiger partial charge in [0.2, 0.25) is 5.88 Å². The van der Waals surface area contributed by atoms with Crippen LogP contribution in [0.15, 0.2) is 42.9 Å². The Labute approximate surface area is 117 Å². The first-order valence-electron chi connectivity index (χ1n) is 6.44. The van der Waals surface area contributed by atoms with Crippen molar-refractivity contribution < 1.29 is 4.74 Å². The van der Waals surface area contributed by atoms with E-state index in [0.717, 1.165) is 22.2 Å². The van der Waals surface area contributed by atoms with Crippen LogP contribution < -0.4 is 10.5 Å². The molecule has 0 saturated carbocycles. The van der Waals surface area contributed by atoms with E-state index < -0.39 is 0 Å². The lowest BCUT2D eigenvalue weighted by Gasteiger charge is -2.08. The van der Waals surface area contributed by atoms with E-state index in [2.05, 4.69) is 14.5 Å². The quantitative estimate of drug-likeness (QED) is 0.785. The summed E-state index contributed by atoms with van der Waals surface area (Å²) >= 11 is 0. The number of hydrogen-bond donors (Lipinski definition) is 1. The summed E-state index contributed by atoms with van der Waals surface area (Å²) in [6.45, 7) is 1.16. The lowest BCUT2D eigenvalue weighted by Crippen LogP contribution is -2.02. The first kappa shape index (κ1) is 12.6. The van der Waals surface area contributed by atoms with Crippen molar-refractivity contribution >= 4 is 11.0 Å². The second-order valence-electron chi connectivity index (χ2n) is 4.53. The summed E-state index contributed by atoms with van der Waals surface area (Å²) in [5.41, 5.74) is 8.84. The van der Waals surface area contributed by atoms with E-state index in [1.54, 1.807) is 19.5 Å². The zero-order chi connectivity index (χ0) is 13.9. The Bertz CT molecular complexity index is 736. The Morgan fingerprint density at radius 3 is 2.75 bits per heavy atom. The Balaban J connectivity index is 2.07. The highest BCUT2D eigenvalue weighted by Crippen LogP contribution is 2.22. The van der Waals surface area contributed by atoms with Gasteiger partial charge in [-0.3, -0.25) is 0 Å². The fourth-order valence-electron chi connectivity index (χ4n) is 2.39. The monoisotopic (exact) mass is 268 g/mol. The van der Waals surface area contributed by atoms with Crippen LogP contribution >= 0.6 is 0 Å². The van der Waals surface area contributed by atoms with Crippen LogP contribution in [0.4, 0.5) is 0 Å². The first-order chi connectivity index (χ1) is 9.83. The Hall–Kier alpha value is -2.40. The summed E-state index contributed by atoms with van der Waals surface area (Å²) in [6, 6.07) is 7.88. The third-order valence-electron chi connectivity index (χ3n) is 3.32. The molecule has 3 aromatic heterocycles. The normalized spacial score (nSPS) is 10.9. The molecule has 0 fully saturated rings. The molecule has 0 aliphatic rings. The lowest BCUT2D eigenvalue weighted by molar-refractivity contribution is 0.391. The van der Waals surface area contributed by atoms with Gasteiger partial charge in [0, 0.05) is 36.1 Å². The second-order valence-corrected chi connectivity index (χ2v) is 4.53. The van der Waals surface area contributed by atoms with Crippen molar-refractivity contribution in [2.75, 3.05) is 7.11 Å². The van der Waals surface area contributed by atoms with Crippen molar-refractivity contribution in [1.82, 2.24) is 14.5 Å². The number of fused-ring (bicyclic) bond motifs is 1. The van der Waals surface area contributed by atoms with Crippen LogP contribution in [0.25, 0.3) is 11.0 Å². The van der Waals surface area contributed by atoms with Crippen LogP contribution in [0.3, 0.4) is 0 Å². The maximum Gasteiger partial charge on any atom is 0.218 e. The van der Waals surface area contributed by atoms with Gasteiger partial charge in [0.05, 0.1) is 13.7 Å². The molecule has 5 nitrogen and oxygen atoms in total. The van der Waals surface area contributed by atoms with Crippen LogP contribution in [0.2, 0.25) is 0 Å². The van der Waals surface area contributed by atoms with E-state index in [-0.39, 0.29) is 0 Å². The van der Waals surface area contributed by atoms with E-state index in [0.29, 0.717) is 19.0 Å². The number of rotatable bonds is 4. The van der Waals surface area contributed by atoms with Gasteiger partial charge in [-0.15, -0.1) is 0 Å². The molecule has 0 bridgehead atoms. The van der Waals surface area contributed by atoms with Crippen LogP contribution in [0.1, 0.15) is 11.1 Å². The molecular weight excluding hydrogens is 252 g/mol. The number of nitrogens with two attached hydrogens (primary N) is 1. The van der Waals surface area contributed by atoms with Crippen molar-refractivity contribution in [3.05, 3.63) is 54.0 Å². The average molecular weight is 268 g/mol. The highest BCUT2D eigenvalue weighted by atomic mass is 16.5. The Morgan fingerprint density at radius 1 is 1.15 bits per heavy atom. The van der Waals surface area contributed by atoms with Gasteiger partial charge in [0.15, 0.2) is 0 Å². The van der Waals surface area contributed by atoms with Gasteiger partial charge in [0.25, 0.3) is 0 Å². The third kappa shape index (κ3) is 2.12. The van der Waals surface area contributed by atoms with E-state index >= 15 is 0 Å². The van der Waals surface area contributed by atoms with Gasteiger partial charge >= 0.3 is 0 Å². The molecule has 5 heteroatoms. The molecular formula is C15H16N4O. The molecule has 0 saturated heterocycles. The zero-order valence-electron chi connectivity index (χ0n) is 11.3. The van der Waals surface area contributed by atoms with E-state index in [4.69, 9.17) is 10.5 Å². The summed E-state index contributed by atoms with van der Waals surface area (Å²) in [7, 11) is 1.63. The molecule has 2 N–H and O–H groups in total. The fraction of sp³-hybridized carbons (Fsp3) is 0.200. The summed E-state index contributed by atoms with van der Waals surface area (Å²) in [5.74, 6) is 0.638. The summed E-state index contributed by atoms with van der Waals surface area (Å²) in [5, 5.41) is 1.10. The predicted molar refractivity (Wildman–Crippen MR) is 77.5 cm³/mol. The molecule has 0 aliphatic heterocycles. The minimum absolute atomic E-state index is 0.499. The topological polar surface area (TPSA) is 66.0 Å². The molecule has 0 atom stereocenters. The van der Waals surface area contributed by atoms with Crippen molar-refractivity contribution in [3.63, 3.8) is 0 Å². The van der Waals surface area contributed by atoms with E-state index in [1.807, 2.05) is 30.5 Å². The van der Waals surface area contributed by atoms with Crippen LogP contribution in [0, 0.1) is 0 Å². The molecule has 0 radical (unpaired) electrons. The number of pyridine rings is 2. The van der Waals surface area contributed by atoms with Crippen LogP contribution in [-0.2, 0) is 13.1 Å². The summed E-state index contributed by atoms with van der Waals surface area (Å²) in [6.07, 6.45) is 5.56. The molecule has 3 heterocycles. The number of hydrogen-bond acceptors (Lipinski definition) is 4. The Kier molecular flexibility index (Phi) is 3.35. The van der Waals surface area contributed by atoms with Crippen molar-refractivity contribution in [3.8, 4) is 5.88 Å². The number of ether oxygens (including phenoxy) is 1. The molecule has 0 spiro atoms. The van der Waals surface area contributed by atoms with Gasteiger partial charge in [-0.25, -0.2) is 9.97 Å². The highest BCUT2D eigenvalue weighted by Gasteiger charge is 2.10. The molecule has 3 rings (SSSR count). The SMILES string of the molecule is COc1ncccc1Cn1cc(CN)c2cccnc21. The zero-order valence-corrected chi connectivity index (χ0v) is 11.3. The third-order valence-corrected chi connectivity index (χ3v) is 3.32. The summed E-state index contributed by atoms with van der Waals surface area (Å²) < 4.78 is 7.37. The van der Waals surface area contributed by atoms with Crippen molar-refractivity contribution in [1.29, 1.82) is 0 Å². The Morgan fingerprint density at radius 2 is 1.95 bits per heavy atom. The fourth-order valence-corrected chi connectivity index (χ4v) is 2.39. The molecule has 0 amide bonds. The van der Waals surface area contributed by atoms with Gasteiger partial charge in [-0.05, 0) is 23.8 Å². The predicted octanol–water partition coefficient (Wildman–Crippen LogP) is 1.95. The standard InChI is InChI=1S/C15H16N4O/c1-20-15-11(4-2-7-18-15)9-19-10-12(8-16)13-5-3-6-17-14(13)19/h2-7,10H,8-9,16H2,1H3. The molecule has 3 aromatic rings. The minimum Gasteiger partial charge on any atom is -0.481 e. The van der Waals surface area contributed by atoms with Gasteiger partial charge in [-0.2, -0.15) is 0 Å². The highest BCUT2D eigenvalue weighted by molar-refractivity contribution is 5.80. The lowest BCUT2D eigenvalue weighted by atomic mass is 10.2. The smallest absolute Gasteiger partial charge is 0.218 e. The molecule has 102 valence electrons. The average Bonchev–Trinajstić information content (AvgIpc) is 2.86. The minimum atomic E-state index is 0.499. The van der Waals surface area contributed by atoms with Gasteiger partial charge in [0.1, 0.15) is 5.65 Å². The number of nitrogens with zero attached hydrogens (tertiary/aromatic N) is 3. The van der Waals surface area contributed by atoms with Crippen molar-refractivity contribution in [2.24, 2.45) is 5.73 Å². The molecule has 0 unspecified atom stereocenters. The van der Waals surface area contributed by atoms with Crippen molar-refractivity contribution in [2.45, 2.75) is 13.1 Å². The number of methoxy groups -OCH3 is 1. The largest absolute Gasteiger partial charge is 0.481 e. The maximum atomic E-state index is 5.80.